The van der Waals surface area contributed by atoms with E-state index in [0.717, 1.165) is 93.7 Å². The molecule has 0 amide bonds. The standard InChI is InChI=1S/C54H34N4O/c1-4-16-35(17-5-1)36-28-30-39(31-29-36)57(38-20-8-3-9-21-38)49-34-45-42-32-33-48-50(53(42)59-52(45)41-23-11-10-22-40(41)49)44-25-13-15-27-47(44)58(48)54-55-46-26-14-12-24-43(46)51(56-54)37-18-6-2-7-19-37/h1-34H. The van der Waals surface area contributed by atoms with Crippen molar-refractivity contribution in [3.05, 3.63) is 206 Å². The van der Waals surface area contributed by atoms with Gasteiger partial charge >= 0.3 is 0 Å². The summed E-state index contributed by atoms with van der Waals surface area (Å²) in [5.41, 5.74) is 12.2. The first kappa shape index (κ1) is 33.2. The van der Waals surface area contributed by atoms with Crippen LogP contribution in [0.1, 0.15) is 0 Å². The van der Waals surface area contributed by atoms with Crippen molar-refractivity contribution in [3.63, 3.8) is 0 Å². The van der Waals surface area contributed by atoms with Crippen LogP contribution in [0.15, 0.2) is 211 Å². The maximum Gasteiger partial charge on any atom is 0.235 e. The van der Waals surface area contributed by atoms with E-state index >= 15 is 0 Å². The predicted octanol–water partition coefficient (Wildman–Crippen LogP) is 14.6. The lowest BCUT2D eigenvalue weighted by Gasteiger charge is -2.27. The number of nitrogens with zero attached hydrogens (tertiary/aromatic N) is 4. The van der Waals surface area contributed by atoms with Gasteiger partial charge in [0.1, 0.15) is 11.2 Å². The van der Waals surface area contributed by atoms with Crippen LogP contribution in [0.2, 0.25) is 0 Å². The van der Waals surface area contributed by atoms with Gasteiger partial charge in [-0.25, -0.2) is 9.97 Å². The average molecular weight is 755 g/mol. The van der Waals surface area contributed by atoms with Gasteiger partial charge in [0.2, 0.25) is 5.95 Å². The fraction of sp³-hybridized carbons (Fsp3) is 0. The summed E-state index contributed by atoms with van der Waals surface area (Å²) in [6.45, 7) is 0. The van der Waals surface area contributed by atoms with Crippen molar-refractivity contribution in [2.24, 2.45) is 0 Å². The summed E-state index contributed by atoms with van der Waals surface area (Å²) in [6.07, 6.45) is 0. The molecule has 0 aliphatic heterocycles. The summed E-state index contributed by atoms with van der Waals surface area (Å²) < 4.78 is 9.33. The van der Waals surface area contributed by atoms with E-state index in [0.29, 0.717) is 5.95 Å². The fourth-order valence-corrected chi connectivity index (χ4v) is 8.91. The van der Waals surface area contributed by atoms with Crippen molar-refractivity contribution >= 4 is 82.5 Å². The molecule has 0 N–H and O–H groups in total. The number of hydrogen-bond donors (Lipinski definition) is 0. The number of benzene rings is 9. The Balaban J connectivity index is 1.11. The van der Waals surface area contributed by atoms with Crippen molar-refractivity contribution in [1.82, 2.24) is 14.5 Å². The molecule has 5 heteroatoms. The van der Waals surface area contributed by atoms with E-state index in [-0.39, 0.29) is 0 Å². The van der Waals surface area contributed by atoms with Crippen LogP contribution in [-0.2, 0) is 0 Å². The van der Waals surface area contributed by atoms with Crippen LogP contribution >= 0.6 is 0 Å². The molecule has 0 spiro atoms. The minimum absolute atomic E-state index is 0.619. The normalized spacial score (nSPS) is 11.7. The topological polar surface area (TPSA) is 47.1 Å². The lowest BCUT2D eigenvalue weighted by atomic mass is 10.0. The van der Waals surface area contributed by atoms with E-state index < -0.39 is 0 Å². The van der Waals surface area contributed by atoms with Crippen LogP contribution in [0.3, 0.4) is 0 Å². The number of aromatic nitrogens is 3. The lowest BCUT2D eigenvalue weighted by Crippen LogP contribution is -2.10. The van der Waals surface area contributed by atoms with E-state index in [4.69, 9.17) is 14.4 Å². The zero-order chi connectivity index (χ0) is 38.9. The summed E-state index contributed by atoms with van der Waals surface area (Å²) in [5.74, 6) is 0.619. The van der Waals surface area contributed by atoms with Crippen LogP contribution in [-0.4, -0.2) is 14.5 Å². The Morgan fingerprint density at radius 3 is 1.73 bits per heavy atom. The highest BCUT2D eigenvalue weighted by Gasteiger charge is 2.24. The average Bonchev–Trinajstić information content (AvgIpc) is 3.86. The van der Waals surface area contributed by atoms with Crippen LogP contribution < -0.4 is 4.90 Å². The van der Waals surface area contributed by atoms with Gasteiger partial charge in [-0.2, -0.15) is 0 Å². The molecule has 0 unspecified atom stereocenters. The first-order valence-corrected chi connectivity index (χ1v) is 19.9. The fourth-order valence-electron chi connectivity index (χ4n) is 8.91. The Hall–Kier alpha value is -8.02. The van der Waals surface area contributed by atoms with Gasteiger partial charge in [0.05, 0.1) is 33.3 Å². The number of rotatable bonds is 6. The van der Waals surface area contributed by atoms with Crippen molar-refractivity contribution in [1.29, 1.82) is 0 Å². The molecule has 0 atom stereocenters. The quantitative estimate of drug-likeness (QED) is 0.170. The second-order valence-corrected chi connectivity index (χ2v) is 14.9. The maximum atomic E-state index is 7.14. The molecule has 3 aromatic heterocycles. The molecule has 0 saturated carbocycles. The molecular formula is C54H34N4O. The third-order valence-electron chi connectivity index (χ3n) is 11.6. The van der Waals surface area contributed by atoms with E-state index in [2.05, 4.69) is 198 Å². The molecule has 0 aliphatic rings. The largest absolute Gasteiger partial charge is 0.455 e. The third-order valence-corrected chi connectivity index (χ3v) is 11.6. The van der Waals surface area contributed by atoms with Crippen molar-refractivity contribution < 1.29 is 4.42 Å². The number of anilines is 3. The SMILES string of the molecule is c1ccc(-c2ccc(N(c3ccccc3)c3cc4c5ccc6c(c7ccccc7n6-c6nc(-c7ccccc7)c7ccccc7n6)c5oc4c4ccccc34)cc2)cc1. The second kappa shape index (κ2) is 13.3. The zero-order valence-corrected chi connectivity index (χ0v) is 31.8. The molecule has 12 rings (SSSR count). The van der Waals surface area contributed by atoms with Crippen LogP contribution in [0.5, 0.6) is 0 Å². The van der Waals surface area contributed by atoms with Crippen molar-refractivity contribution in [2.75, 3.05) is 4.90 Å². The van der Waals surface area contributed by atoms with Gasteiger partial charge in [-0.1, -0.05) is 152 Å². The molecule has 5 nitrogen and oxygen atoms in total. The Bertz CT molecular complexity index is 3540. The molecule has 0 bridgehead atoms. The summed E-state index contributed by atoms with van der Waals surface area (Å²) in [6, 6.07) is 72.5. The molecule has 0 fully saturated rings. The molecular weight excluding hydrogens is 721 g/mol. The van der Waals surface area contributed by atoms with Gasteiger partial charge in [0, 0.05) is 49.3 Å². The second-order valence-electron chi connectivity index (χ2n) is 14.9. The summed E-state index contributed by atoms with van der Waals surface area (Å²) in [7, 11) is 0. The van der Waals surface area contributed by atoms with E-state index in [1.165, 1.54) is 11.1 Å². The predicted molar refractivity (Wildman–Crippen MR) is 244 cm³/mol. The van der Waals surface area contributed by atoms with Crippen LogP contribution in [0.4, 0.5) is 17.1 Å². The molecule has 3 heterocycles. The summed E-state index contributed by atoms with van der Waals surface area (Å²) in [4.78, 5) is 12.9. The Labute approximate surface area is 339 Å². The van der Waals surface area contributed by atoms with E-state index in [1.54, 1.807) is 0 Å². The molecule has 0 radical (unpaired) electrons. The molecule has 12 aromatic rings. The minimum Gasteiger partial charge on any atom is -0.455 e. The molecule has 0 saturated heterocycles. The first-order valence-electron chi connectivity index (χ1n) is 19.9. The highest BCUT2D eigenvalue weighted by molar-refractivity contribution is 6.27. The molecule has 9 aromatic carbocycles. The van der Waals surface area contributed by atoms with Gasteiger partial charge in [-0.15, -0.1) is 0 Å². The van der Waals surface area contributed by atoms with Gasteiger partial charge in [-0.05, 0) is 65.7 Å². The van der Waals surface area contributed by atoms with E-state index in [1.807, 2.05) is 18.2 Å². The van der Waals surface area contributed by atoms with Crippen LogP contribution in [0.25, 0.3) is 93.8 Å². The molecule has 0 aliphatic carbocycles. The highest BCUT2D eigenvalue weighted by Crippen LogP contribution is 2.47. The van der Waals surface area contributed by atoms with Crippen molar-refractivity contribution in [3.8, 4) is 28.3 Å². The van der Waals surface area contributed by atoms with Crippen molar-refractivity contribution in [2.45, 2.75) is 0 Å². The Kier molecular flexibility index (Phi) is 7.47. The number of para-hydroxylation sites is 3. The number of furan rings is 1. The Morgan fingerprint density at radius 1 is 0.390 bits per heavy atom. The van der Waals surface area contributed by atoms with Gasteiger partial charge < -0.3 is 9.32 Å². The Morgan fingerprint density at radius 2 is 0.966 bits per heavy atom. The highest BCUT2D eigenvalue weighted by atomic mass is 16.3. The summed E-state index contributed by atoms with van der Waals surface area (Å²) >= 11 is 0. The maximum absolute atomic E-state index is 7.14. The van der Waals surface area contributed by atoms with Gasteiger partial charge in [-0.3, -0.25) is 4.57 Å². The number of hydrogen-bond acceptors (Lipinski definition) is 4. The van der Waals surface area contributed by atoms with Gasteiger partial charge in [0.15, 0.2) is 0 Å². The van der Waals surface area contributed by atoms with Crippen LogP contribution in [0, 0.1) is 0 Å². The van der Waals surface area contributed by atoms with Gasteiger partial charge in [0.25, 0.3) is 0 Å². The smallest absolute Gasteiger partial charge is 0.235 e. The molecule has 59 heavy (non-hydrogen) atoms. The molecule has 276 valence electrons. The number of fused-ring (bicyclic) bond motifs is 10. The minimum atomic E-state index is 0.619. The summed E-state index contributed by atoms with van der Waals surface area (Å²) in [5, 5.41) is 7.41. The third kappa shape index (κ3) is 5.25. The van der Waals surface area contributed by atoms with E-state index in [9.17, 15) is 0 Å². The lowest BCUT2D eigenvalue weighted by molar-refractivity contribution is 0.676. The zero-order valence-electron chi connectivity index (χ0n) is 31.8. The monoisotopic (exact) mass is 754 g/mol. The first-order chi connectivity index (χ1) is 29.3.